The van der Waals surface area contributed by atoms with Crippen molar-refractivity contribution in [2.75, 3.05) is 0 Å². The van der Waals surface area contributed by atoms with Gasteiger partial charge in [0.05, 0.1) is 0 Å². The Balaban J connectivity index is 1.79. The highest BCUT2D eigenvalue weighted by Crippen LogP contribution is 2.61. The lowest BCUT2D eigenvalue weighted by molar-refractivity contribution is -0.138. The third kappa shape index (κ3) is 2.41. The lowest BCUT2D eigenvalue weighted by Gasteiger charge is -2.52. The maximum atomic E-state index is 9.85. The first-order chi connectivity index (χ1) is 9.88. The quantitative estimate of drug-likeness (QED) is 0.463. The zero-order valence-electron chi connectivity index (χ0n) is 13.6. The van der Waals surface area contributed by atoms with Crippen LogP contribution in [0.15, 0.2) is 12.2 Å². The van der Waals surface area contributed by atoms with Crippen LogP contribution >= 0.6 is 0 Å². The Kier molecular flexibility index (Phi) is 4.03. The predicted molar refractivity (Wildman–Crippen MR) is 87.1 cm³/mol. The molecule has 5 atom stereocenters. The van der Waals surface area contributed by atoms with Crippen molar-refractivity contribution in [1.29, 1.82) is 0 Å². The summed E-state index contributed by atoms with van der Waals surface area (Å²) in [4.78, 5) is 0. The molecule has 3 heteroatoms. The number of aliphatic hydroxyl groups excluding tert-OH is 1. The molecule has 5 unspecified atom stereocenters. The Morgan fingerprint density at radius 1 is 1.19 bits per heavy atom. The summed E-state index contributed by atoms with van der Waals surface area (Å²) in [5.41, 5.74) is 1.92. The topological polar surface area (TPSA) is 40.5 Å². The van der Waals surface area contributed by atoms with Crippen LogP contribution in [0.25, 0.3) is 0 Å². The molecular formula is C18H30BO2. The van der Waals surface area contributed by atoms with E-state index in [0.717, 1.165) is 25.0 Å². The predicted octanol–water partition coefficient (Wildman–Crippen LogP) is 3.64. The van der Waals surface area contributed by atoms with Gasteiger partial charge in [-0.2, -0.15) is 0 Å². The van der Waals surface area contributed by atoms with Crippen LogP contribution in [0.3, 0.4) is 0 Å². The standard InChI is InChI=1S/C18H30BO2/c1-12-4-5-13-10-14(6-7-17(12,13)2)18(3)8-9-19-11-15(18)16(20)21/h13-16,20-21H,1,4-11H2,2-3H3. The third-order valence-corrected chi connectivity index (χ3v) is 7.53. The van der Waals surface area contributed by atoms with Crippen LogP contribution < -0.4 is 0 Å². The molecule has 1 heterocycles. The highest BCUT2D eigenvalue weighted by molar-refractivity contribution is 6.35. The van der Waals surface area contributed by atoms with E-state index in [0.29, 0.717) is 11.3 Å². The minimum atomic E-state index is -1.17. The van der Waals surface area contributed by atoms with Crippen LogP contribution in [0, 0.1) is 28.6 Å². The van der Waals surface area contributed by atoms with Gasteiger partial charge in [-0.3, -0.25) is 0 Å². The van der Waals surface area contributed by atoms with Gasteiger partial charge in [0.25, 0.3) is 0 Å². The van der Waals surface area contributed by atoms with Gasteiger partial charge in [-0.05, 0) is 54.8 Å². The normalized spacial score (nSPS) is 47.3. The van der Waals surface area contributed by atoms with Crippen LogP contribution in [0.5, 0.6) is 0 Å². The monoisotopic (exact) mass is 289 g/mol. The number of rotatable bonds is 2. The first kappa shape index (κ1) is 15.6. The number of hydrogen-bond donors (Lipinski definition) is 2. The fraction of sp³-hybridized carbons (Fsp3) is 0.889. The van der Waals surface area contributed by atoms with E-state index in [1.54, 1.807) is 0 Å². The Hall–Kier alpha value is -0.275. The van der Waals surface area contributed by atoms with Crippen LogP contribution in [0.1, 0.15) is 52.4 Å². The van der Waals surface area contributed by atoms with Crippen LogP contribution in [0.4, 0.5) is 0 Å². The summed E-state index contributed by atoms with van der Waals surface area (Å²) in [7, 11) is 2.25. The molecule has 0 amide bonds. The Morgan fingerprint density at radius 2 is 1.95 bits per heavy atom. The van der Waals surface area contributed by atoms with Crippen molar-refractivity contribution in [2.45, 2.75) is 71.3 Å². The molecule has 3 rings (SSSR count). The van der Waals surface area contributed by atoms with Gasteiger partial charge in [0.15, 0.2) is 6.29 Å². The van der Waals surface area contributed by atoms with Gasteiger partial charge in [0.2, 0.25) is 0 Å². The van der Waals surface area contributed by atoms with Crippen LogP contribution in [0.2, 0.25) is 12.6 Å². The average molecular weight is 289 g/mol. The minimum Gasteiger partial charge on any atom is -0.368 e. The van der Waals surface area contributed by atoms with Gasteiger partial charge in [-0.15, -0.1) is 0 Å². The van der Waals surface area contributed by atoms with E-state index in [9.17, 15) is 10.2 Å². The smallest absolute Gasteiger partial charge is 0.154 e. The summed E-state index contributed by atoms with van der Waals surface area (Å²) in [5, 5.41) is 19.7. The zero-order chi connectivity index (χ0) is 15.3. The second kappa shape index (κ2) is 5.42. The summed E-state index contributed by atoms with van der Waals surface area (Å²) in [6.07, 6.45) is 8.16. The molecule has 0 spiro atoms. The summed E-state index contributed by atoms with van der Waals surface area (Å²) in [5.74, 6) is 1.43. The summed E-state index contributed by atoms with van der Waals surface area (Å²) < 4.78 is 0. The Bertz CT molecular complexity index is 421. The fourth-order valence-electron chi connectivity index (χ4n) is 5.67. The molecule has 0 bridgehead atoms. The fourth-order valence-corrected chi connectivity index (χ4v) is 5.67. The van der Waals surface area contributed by atoms with E-state index in [-0.39, 0.29) is 11.3 Å². The van der Waals surface area contributed by atoms with Crippen molar-refractivity contribution in [3.63, 3.8) is 0 Å². The van der Waals surface area contributed by atoms with Crippen LogP contribution in [-0.2, 0) is 0 Å². The summed E-state index contributed by atoms with van der Waals surface area (Å²) >= 11 is 0. The van der Waals surface area contributed by atoms with Crippen molar-refractivity contribution in [2.24, 2.45) is 28.6 Å². The van der Waals surface area contributed by atoms with Crippen molar-refractivity contribution in [3.8, 4) is 0 Å². The summed E-state index contributed by atoms with van der Waals surface area (Å²) in [6, 6.07) is 0. The molecule has 2 N–H and O–H groups in total. The largest absolute Gasteiger partial charge is 0.368 e. The molecule has 2 saturated carbocycles. The first-order valence-electron chi connectivity index (χ1n) is 8.74. The maximum absolute atomic E-state index is 9.85. The van der Waals surface area contributed by atoms with Crippen molar-refractivity contribution in [1.82, 2.24) is 0 Å². The molecule has 3 fully saturated rings. The molecule has 2 aliphatic carbocycles. The minimum absolute atomic E-state index is 0.0187. The molecule has 1 aliphatic heterocycles. The van der Waals surface area contributed by atoms with Gasteiger partial charge in [-0.25, -0.2) is 0 Å². The van der Waals surface area contributed by atoms with Crippen LogP contribution in [-0.4, -0.2) is 23.8 Å². The van der Waals surface area contributed by atoms with Gasteiger partial charge in [0.1, 0.15) is 7.28 Å². The molecule has 117 valence electrons. The molecule has 21 heavy (non-hydrogen) atoms. The van der Waals surface area contributed by atoms with Crippen molar-refractivity contribution >= 4 is 7.28 Å². The average Bonchev–Trinajstić information content (AvgIpc) is 2.74. The number of fused-ring (bicyclic) bond motifs is 1. The maximum Gasteiger partial charge on any atom is 0.154 e. The molecule has 2 nitrogen and oxygen atoms in total. The van der Waals surface area contributed by atoms with Gasteiger partial charge < -0.3 is 10.2 Å². The second-order valence-corrected chi connectivity index (χ2v) is 8.32. The van der Waals surface area contributed by atoms with E-state index >= 15 is 0 Å². The molecule has 3 aliphatic rings. The second-order valence-electron chi connectivity index (χ2n) is 8.32. The molecule has 0 aromatic carbocycles. The highest BCUT2D eigenvalue weighted by atomic mass is 16.5. The third-order valence-electron chi connectivity index (χ3n) is 7.53. The van der Waals surface area contributed by atoms with E-state index in [1.165, 1.54) is 37.7 Å². The van der Waals surface area contributed by atoms with Gasteiger partial charge >= 0.3 is 0 Å². The molecule has 0 aromatic heterocycles. The Labute approximate surface area is 130 Å². The SMILES string of the molecule is C=C1CCC2CC(C3(C)CC[B]CC3C(O)O)CCC12C. The summed E-state index contributed by atoms with van der Waals surface area (Å²) in [6.45, 7) is 9.06. The molecule has 1 saturated heterocycles. The van der Waals surface area contributed by atoms with E-state index in [4.69, 9.17) is 0 Å². The van der Waals surface area contributed by atoms with E-state index < -0.39 is 6.29 Å². The number of hydrogen-bond acceptors (Lipinski definition) is 2. The number of aliphatic hydroxyl groups is 2. The Morgan fingerprint density at radius 3 is 2.67 bits per heavy atom. The highest BCUT2D eigenvalue weighted by Gasteiger charge is 2.52. The lowest BCUT2D eigenvalue weighted by atomic mass is 9.46. The number of allylic oxidation sites excluding steroid dienone is 1. The molecule has 0 aromatic rings. The van der Waals surface area contributed by atoms with Gasteiger partial charge in [-0.1, -0.05) is 45.1 Å². The molecule has 1 radical (unpaired) electrons. The first-order valence-corrected chi connectivity index (χ1v) is 8.74. The van der Waals surface area contributed by atoms with E-state index in [1.807, 2.05) is 0 Å². The lowest BCUT2D eigenvalue weighted by Crippen LogP contribution is -2.47. The zero-order valence-corrected chi connectivity index (χ0v) is 13.6. The van der Waals surface area contributed by atoms with Crippen molar-refractivity contribution in [3.05, 3.63) is 12.2 Å². The van der Waals surface area contributed by atoms with Crippen molar-refractivity contribution < 1.29 is 10.2 Å². The van der Waals surface area contributed by atoms with Gasteiger partial charge in [0, 0.05) is 5.92 Å². The van der Waals surface area contributed by atoms with E-state index in [2.05, 4.69) is 27.7 Å². The molecular weight excluding hydrogens is 259 g/mol.